The van der Waals surface area contributed by atoms with Crippen molar-refractivity contribution in [2.45, 2.75) is 32.8 Å². The van der Waals surface area contributed by atoms with Crippen LogP contribution in [0.2, 0.25) is 0 Å². The first-order chi connectivity index (χ1) is 6.81. The van der Waals surface area contributed by atoms with Crippen molar-refractivity contribution < 1.29 is 14.1 Å². The molecule has 2 heterocycles. The molecule has 14 heavy (non-hydrogen) atoms. The fourth-order valence-electron chi connectivity index (χ4n) is 1.53. The molecular weight excluding hydrogens is 182 g/mol. The quantitative estimate of drug-likeness (QED) is 0.728. The maximum Gasteiger partial charge on any atom is 0.149 e. The van der Waals surface area contributed by atoms with Crippen LogP contribution in [-0.4, -0.2) is 17.5 Å². The molecule has 0 N–H and O–H groups in total. The first kappa shape index (κ1) is 9.40. The number of aromatic nitrogens is 1. The van der Waals surface area contributed by atoms with Crippen molar-refractivity contribution in [1.29, 1.82) is 0 Å². The summed E-state index contributed by atoms with van der Waals surface area (Å²) in [6.45, 7) is 3.08. The fraction of sp³-hybridized carbons (Fsp3) is 0.600. The van der Waals surface area contributed by atoms with Gasteiger partial charge in [-0.05, 0) is 0 Å². The smallest absolute Gasteiger partial charge is 0.149 e. The number of carbonyl (C=O) groups excluding carboxylic acids is 1. The number of nitrogens with zero attached hydrogens (tertiary/aromatic N) is 1. The molecule has 1 aromatic rings. The Kier molecular flexibility index (Phi) is 2.63. The third-order valence-corrected chi connectivity index (χ3v) is 2.43. The van der Waals surface area contributed by atoms with E-state index in [4.69, 9.17) is 9.26 Å². The summed E-state index contributed by atoms with van der Waals surface area (Å²) in [6.07, 6.45) is 1.68. The van der Waals surface area contributed by atoms with Crippen molar-refractivity contribution in [2.75, 3.05) is 6.61 Å². The second kappa shape index (κ2) is 3.92. The van der Waals surface area contributed by atoms with E-state index in [1.807, 2.05) is 6.92 Å². The van der Waals surface area contributed by atoms with Crippen LogP contribution in [0.25, 0.3) is 0 Å². The van der Waals surface area contributed by atoms with Crippen LogP contribution >= 0.6 is 0 Å². The minimum Gasteiger partial charge on any atom is -0.376 e. The molecule has 76 valence electrons. The molecule has 0 saturated heterocycles. The highest BCUT2D eigenvalue weighted by Crippen LogP contribution is 2.20. The number of fused-ring (bicyclic) bond motifs is 1. The number of ether oxygens (including phenoxy) is 1. The highest BCUT2D eigenvalue weighted by atomic mass is 16.5. The van der Waals surface area contributed by atoms with E-state index in [2.05, 4.69) is 5.16 Å². The van der Waals surface area contributed by atoms with Gasteiger partial charge in [-0.15, -0.1) is 0 Å². The Morgan fingerprint density at radius 1 is 1.57 bits per heavy atom. The molecule has 0 aliphatic carbocycles. The SMILES string of the molecule is CCC(=O)Cc1onc2c1COCC2. The Hall–Kier alpha value is -1.16. The van der Waals surface area contributed by atoms with E-state index in [1.165, 1.54) is 0 Å². The molecule has 0 saturated carbocycles. The summed E-state index contributed by atoms with van der Waals surface area (Å²) in [7, 11) is 0. The number of rotatable bonds is 3. The predicted octanol–water partition coefficient (Wildman–Crippen LogP) is 1.27. The molecule has 0 amide bonds. The van der Waals surface area contributed by atoms with E-state index < -0.39 is 0 Å². The lowest BCUT2D eigenvalue weighted by Crippen LogP contribution is -2.11. The van der Waals surface area contributed by atoms with Gasteiger partial charge < -0.3 is 9.26 Å². The van der Waals surface area contributed by atoms with Gasteiger partial charge in [0.1, 0.15) is 11.5 Å². The summed E-state index contributed by atoms with van der Waals surface area (Å²) < 4.78 is 10.4. The van der Waals surface area contributed by atoms with E-state index in [9.17, 15) is 4.79 Å². The summed E-state index contributed by atoms with van der Waals surface area (Å²) >= 11 is 0. The molecule has 0 bridgehead atoms. The van der Waals surface area contributed by atoms with Crippen LogP contribution in [0.3, 0.4) is 0 Å². The normalized spacial score (nSPS) is 15.2. The van der Waals surface area contributed by atoms with E-state index in [0.717, 1.165) is 17.7 Å². The molecule has 1 aliphatic heterocycles. The van der Waals surface area contributed by atoms with E-state index >= 15 is 0 Å². The Labute approximate surface area is 82.2 Å². The van der Waals surface area contributed by atoms with Gasteiger partial charge in [-0.1, -0.05) is 12.1 Å². The molecule has 4 nitrogen and oxygen atoms in total. The zero-order valence-corrected chi connectivity index (χ0v) is 8.21. The van der Waals surface area contributed by atoms with Crippen molar-refractivity contribution >= 4 is 5.78 Å². The largest absolute Gasteiger partial charge is 0.376 e. The van der Waals surface area contributed by atoms with Gasteiger partial charge in [-0.25, -0.2) is 0 Å². The zero-order chi connectivity index (χ0) is 9.97. The van der Waals surface area contributed by atoms with Gasteiger partial charge in [0, 0.05) is 18.4 Å². The topological polar surface area (TPSA) is 52.3 Å². The Morgan fingerprint density at radius 3 is 3.21 bits per heavy atom. The average molecular weight is 195 g/mol. The first-order valence-corrected chi connectivity index (χ1v) is 4.87. The van der Waals surface area contributed by atoms with Gasteiger partial charge in [-0.3, -0.25) is 4.79 Å². The van der Waals surface area contributed by atoms with Crippen molar-refractivity contribution in [2.24, 2.45) is 0 Å². The van der Waals surface area contributed by atoms with Crippen LogP contribution < -0.4 is 0 Å². The van der Waals surface area contributed by atoms with Crippen LogP contribution in [-0.2, 0) is 29.0 Å². The summed E-state index contributed by atoms with van der Waals surface area (Å²) in [5.41, 5.74) is 1.94. The maximum absolute atomic E-state index is 11.2. The molecule has 0 fully saturated rings. The Morgan fingerprint density at radius 2 is 2.43 bits per heavy atom. The van der Waals surface area contributed by atoms with Gasteiger partial charge in [0.15, 0.2) is 0 Å². The number of carbonyl (C=O) groups is 1. The molecule has 0 unspecified atom stereocenters. The molecular formula is C10H13NO3. The maximum atomic E-state index is 11.2. The Bertz CT molecular complexity index is 343. The molecule has 1 aliphatic rings. The van der Waals surface area contributed by atoms with E-state index in [-0.39, 0.29) is 5.78 Å². The lowest BCUT2D eigenvalue weighted by Gasteiger charge is -2.10. The second-order valence-electron chi connectivity index (χ2n) is 3.40. The van der Waals surface area contributed by atoms with Crippen LogP contribution in [0.4, 0.5) is 0 Å². The minimum atomic E-state index is 0.175. The monoisotopic (exact) mass is 195 g/mol. The molecule has 0 atom stereocenters. The van der Waals surface area contributed by atoms with Crippen molar-refractivity contribution in [1.82, 2.24) is 5.16 Å². The highest BCUT2D eigenvalue weighted by molar-refractivity contribution is 5.80. The second-order valence-corrected chi connectivity index (χ2v) is 3.40. The highest BCUT2D eigenvalue weighted by Gasteiger charge is 2.20. The standard InChI is InChI=1S/C10H13NO3/c1-2-7(12)5-10-8-6-13-4-3-9(8)11-14-10/h2-6H2,1H3. The summed E-state index contributed by atoms with van der Waals surface area (Å²) in [6, 6.07) is 0. The number of hydrogen-bond donors (Lipinski definition) is 0. The van der Waals surface area contributed by atoms with Crippen LogP contribution in [0.1, 0.15) is 30.4 Å². The summed E-state index contributed by atoms with van der Waals surface area (Å²) in [5, 5.41) is 3.94. The van der Waals surface area contributed by atoms with Gasteiger partial charge in [0.05, 0.1) is 25.3 Å². The molecule has 4 heteroatoms. The third-order valence-electron chi connectivity index (χ3n) is 2.43. The van der Waals surface area contributed by atoms with Crippen LogP contribution in [0.15, 0.2) is 4.52 Å². The van der Waals surface area contributed by atoms with Gasteiger partial charge >= 0.3 is 0 Å². The molecule has 0 radical (unpaired) electrons. The zero-order valence-electron chi connectivity index (χ0n) is 8.21. The summed E-state index contributed by atoms with van der Waals surface area (Å²) in [5.74, 6) is 0.862. The van der Waals surface area contributed by atoms with Gasteiger partial charge in [-0.2, -0.15) is 0 Å². The average Bonchev–Trinajstić information content (AvgIpc) is 2.62. The van der Waals surface area contributed by atoms with Crippen molar-refractivity contribution in [3.63, 3.8) is 0 Å². The number of hydrogen-bond acceptors (Lipinski definition) is 4. The number of ketones is 1. The predicted molar refractivity (Wildman–Crippen MR) is 48.9 cm³/mol. The Balaban J connectivity index is 2.18. The molecule has 0 aromatic carbocycles. The number of Topliss-reactive ketones (excluding diaryl/α,β-unsaturated/α-hetero) is 1. The lowest BCUT2D eigenvalue weighted by molar-refractivity contribution is -0.118. The van der Waals surface area contributed by atoms with E-state index in [1.54, 1.807) is 0 Å². The third kappa shape index (κ3) is 1.70. The minimum absolute atomic E-state index is 0.175. The molecule has 2 rings (SSSR count). The van der Waals surface area contributed by atoms with E-state index in [0.29, 0.717) is 31.8 Å². The lowest BCUT2D eigenvalue weighted by atomic mass is 10.1. The molecule has 1 aromatic heterocycles. The van der Waals surface area contributed by atoms with Gasteiger partial charge in [0.2, 0.25) is 0 Å². The first-order valence-electron chi connectivity index (χ1n) is 4.87. The van der Waals surface area contributed by atoms with Crippen LogP contribution in [0.5, 0.6) is 0 Å². The van der Waals surface area contributed by atoms with Crippen LogP contribution in [0, 0.1) is 0 Å². The van der Waals surface area contributed by atoms with Gasteiger partial charge in [0.25, 0.3) is 0 Å². The van der Waals surface area contributed by atoms with Crippen molar-refractivity contribution in [3.8, 4) is 0 Å². The molecule has 0 spiro atoms. The van der Waals surface area contributed by atoms with Crippen molar-refractivity contribution in [3.05, 3.63) is 17.0 Å². The fourth-order valence-corrected chi connectivity index (χ4v) is 1.53. The summed E-state index contributed by atoms with van der Waals surface area (Å²) in [4.78, 5) is 11.2.